The molecule has 0 aromatic heterocycles. The molecule has 0 aliphatic carbocycles. The normalized spacial score (nSPS) is 12.9. The van der Waals surface area contributed by atoms with Gasteiger partial charge in [0, 0.05) is 5.56 Å². The Morgan fingerprint density at radius 1 is 1.16 bits per heavy atom. The molecule has 0 atom stereocenters. The monoisotopic (exact) mass is 254 g/mol. The Balaban J connectivity index is 1.82. The summed E-state index contributed by atoms with van der Waals surface area (Å²) in [7, 11) is 0. The van der Waals surface area contributed by atoms with Crippen LogP contribution in [0.25, 0.3) is 0 Å². The number of ether oxygens (including phenoxy) is 1. The fraction of sp³-hybridized carbons (Fsp3) is 0.0714. The molecular formula is C14H10N2O3. The van der Waals surface area contributed by atoms with Crippen molar-refractivity contribution in [2.75, 3.05) is 5.23 Å². The molecule has 0 saturated heterocycles. The van der Waals surface area contributed by atoms with Crippen molar-refractivity contribution < 1.29 is 14.8 Å². The summed E-state index contributed by atoms with van der Waals surface area (Å²) in [6, 6.07) is 14.2. The van der Waals surface area contributed by atoms with Crippen molar-refractivity contribution >= 4 is 5.69 Å². The Kier molecular flexibility index (Phi) is 2.80. The van der Waals surface area contributed by atoms with E-state index in [1.54, 1.807) is 36.4 Å². The van der Waals surface area contributed by atoms with Crippen LogP contribution in [0.4, 0.5) is 5.69 Å². The van der Waals surface area contributed by atoms with Crippen LogP contribution in [0, 0.1) is 11.3 Å². The lowest BCUT2D eigenvalue weighted by molar-refractivity contribution is -0.0329. The third-order valence-electron chi connectivity index (χ3n) is 2.82. The van der Waals surface area contributed by atoms with Crippen LogP contribution in [0.5, 0.6) is 11.5 Å². The molecular weight excluding hydrogens is 244 g/mol. The molecule has 2 aromatic carbocycles. The zero-order valence-corrected chi connectivity index (χ0v) is 9.91. The van der Waals surface area contributed by atoms with Gasteiger partial charge in [-0.25, -0.2) is 4.84 Å². The number of hydrogen-bond donors (Lipinski definition) is 1. The molecule has 0 radical (unpaired) electrons. The van der Waals surface area contributed by atoms with Gasteiger partial charge < -0.3 is 4.74 Å². The first-order valence-electron chi connectivity index (χ1n) is 5.69. The molecule has 3 rings (SSSR count). The summed E-state index contributed by atoms with van der Waals surface area (Å²) in [6.07, 6.45) is 0. The number of hydrogen-bond acceptors (Lipinski definition) is 5. The summed E-state index contributed by atoms with van der Waals surface area (Å²) in [4.78, 5) is 4.96. The van der Waals surface area contributed by atoms with Gasteiger partial charge in [0.1, 0.15) is 23.8 Å². The fourth-order valence-corrected chi connectivity index (χ4v) is 1.86. The molecule has 0 fully saturated rings. The van der Waals surface area contributed by atoms with Crippen molar-refractivity contribution in [2.45, 2.75) is 6.61 Å². The van der Waals surface area contributed by atoms with Gasteiger partial charge in [-0.1, -0.05) is 0 Å². The lowest BCUT2D eigenvalue weighted by Gasteiger charge is -2.09. The third kappa shape index (κ3) is 2.22. The number of nitriles is 1. The zero-order valence-electron chi connectivity index (χ0n) is 9.91. The van der Waals surface area contributed by atoms with E-state index in [2.05, 4.69) is 6.07 Å². The second-order valence-electron chi connectivity index (χ2n) is 4.08. The Bertz CT molecular complexity index is 647. The van der Waals surface area contributed by atoms with Crippen LogP contribution in [0.15, 0.2) is 42.5 Å². The average Bonchev–Trinajstić information content (AvgIpc) is 2.81. The molecule has 1 heterocycles. The van der Waals surface area contributed by atoms with Crippen molar-refractivity contribution in [3.63, 3.8) is 0 Å². The van der Waals surface area contributed by atoms with Gasteiger partial charge in [0.2, 0.25) is 0 Å². The lowest BCUT2D eigenvalue weighted by Crippen LogP contribution is -2.10. The number of anilines is 1. The Labute approximate surface area is 109 Å². The number of benzene rings is 2. The molecule has 0 unspecified atom stereocenters. The molecule has 94 valence electrons. The van der Waals surface area contributed by atoms with E-state index in [4.69, 9.17) is 14.8 Å². The van der Waals surface area contributed by atoms with Crippen LogP contribution >= 0.6 is 0 Å². The van der Waals surface area contributed by atoms with Crippen LogP contribution in [0.3, 0.4) is 0 Å². The predicted octanol–water partition coefficient (Wildman–Crippen LogP) is 2.99. The van der Waals surface area contributed by atoms with E-state index < -0.39 is 0 Å². The average molecular weight is 254 g/mol. The van der Waals surface area contributed by atoms with Crippen molar-refractivity contribution in [1.82, 2.24) is 0 Å². The first kappa shape index (κ1) is 11.5. The Morgan fingerprint density at radius 3 is 2.63 bits per heavy atom. The van der Waals surface area contributed by atoms with Gasteiger partial charge in [-0.3, -0.25) is 5.21 Å². The predicted molar refractivity (Wildman–Crippen MR) is 66.7 cm³/mol. The van der Waals surface area contributed by atoms with Crippen LogP contribution in [0.2, 0.25) is 0 Å². The summed E-state index contributed by atoms with van der Waals surface area (Å²) in [6.45, 7) is 0.316. The quantitative estimate of drug-likeness (QED) is 0.892. The van der Waals surface area contributed by atoms with Crippen LogP contribution < -0.4 is 9.96 Å². The molecule has 0 spiro atoms. The summed E-state index contributed by atoms with van der Waals surface area (Å²) in [5, 5.41) is 18.8. The maximum atomic E-state index is 9.36. The number of fused-ring (bicyclic) bond motifs is 1. The van der Waals surface area contributed by atoms with E-state index in [1.165, 1.54) is 0 Å². The van der Waals surface area contributed by atoms with Gasteiger partial charge in [-0.2, -0.15) is 5.26 Å². The Hall–Kier alpha value is -2.55. The van der Waals surface area contributed by atoms with Crippen LogP contribution in [-0.2, 0) is 11.4 Å². The molecule has 0 saturated carbocycles. The van der Waals surface area contributed by atoms with Crippen molar-refractivity contribution in [3.8, 4) is 17.6 Å². The molecule has 1 aliphatic heterocycles. The topological polar surface area (TPSA) is 65.7 Å². The van der Waals surface area contributed by atoms with E-state index in [9.17, 15) is 5.21 Å². The first-order chi connectivity index (χ1) is 9.26. The molecule has 5 heteroatoms. The molecule has 1 aliphatic rings. The van der Waals surface area contributed by atoms with Crippen LogP contribution in [0.1, 0.15) is 11.1 Å². The molecule has 1 N–H and O–H groups in total. The summed E-state index contributed by atoms with van der Waals surface area (Å²) in [5.74, 6) is 1.31. The standard InChI is InChI=1S/C14H10N2O3/c15-8-10-1-3-12(4-2-10)19-13-5-6-14-11(7-13)9-18-16(14)17/h1-7,17H,9H2. The SMILES string of the molecule is N#Cc1ccc(Oc2ccc3c(c2)CON3O)cc1. The minimum atomic E-state index is 0.316. The van der Waals surface area contributed by atoms with Crippen molar-refractivity contribution in [3.05, 3.63) is 53.6 Å². The van der Waals surface area contributed by atoms with E-state index in [1.807, 2.05) is 6.07 Å². The van der Waals surface area contributed by atoms with E-state index in [-0.39, 0.29) is 0 Å². The second-order valence-corrected chi connectivity index (χ2v) is 4.08. The van der Waals surface area contributed by atoms with E-state index >= 15 is 0 Å². The number of rotatable bonds is 2. The van der Waals surface area contributed by atoms with E-state index in [0.29, 0.717) is 29.4 Å². The summed E-state index contributed by atoms with van der Waals surface area (Å²) in [5.41, 5.74) is 2.06. The minimum Gasteiger partial charge on any atom is -0.457 e. The molecule has 5 nitrogen and oxygen atoms in total. The summed E-state index contributed by atoms with van der Waals surface area (Å²) < 4.78 is 5.67. The Morgan fingerprint density at radius 2 is 1.89 bits per heavy atom. The smallest absolute Gasteiger partial charge is 0.127 e. The highest BCUT2D eigenvalue weighted by atomic mass is 16.9. The molecule has 0 bridgehead atoms. The first-order valence-corrected chi connectivity index (χ1v) is 5.69. The fourth-order valence-electron chi connectivity index (χ4n) is 1.86. The second kappa shape index (κ2) is 4.61. The molecule has 2 aromatic rings. The highest BCUT2D eigenvalue weighted by Crippen LogP contribution is 2.32. The van der Waals surface area contributed by atoms with Gasteiger partial charge >= 0.3 is 0 Å². The molecule has 19 heavy (non-hydrogen) atoms. The maximum Gasteiger partial charge on any atom is 0.127 e. The minimum absolute atomic E-state index is 0.316. The highest BCUT2D eigenvalue weighted by Gasteiger charge is 2.19. The van der Waals surface area contributed by atoms with Gasteiger partial charge in [-0.05, 0) is 42.5 Å². The van der Waals surface area contributed by atoms with Gasteiger partial charge in [0.15, 0.2) is 0 Å². The maximum absolute atomic E-state index is 9.36. The highest BCUT2D eigenvalue weighted by molar-refractivity contribution is 5.55. The van der Waals surface area contributed by atoms with Gasteiger partial charge in [0.05, 0.1) is 11.6 Å². The summed E-state index contributed by atoms with van der Waals surface area (Å²) >= 11 is 0. The van der Waals surface area contributed by atoms with Crippen LogP contribution in [-0.4, -0.2) is 5.21 Å². The van der Waals surface area contributed by atoms with Gasteiger partial charge in [0.25, 0.3) is 0 Å². The van der Waals surface area contributed by atoms with Gasteiger partial charge in [-0.15, -0.1) is 5.23 Å². The largest absolute Gasteiger partial charge is 0.457 e. The van der Waals surface area contributed by atoms with Crippen molar-refractivity contribution in [1.29, 1.82) is 5.26 Å². The molecule has 0 amide bonds. The third-order valence-corrected chi connectivity index (χ3v) is 2.82. The number of nitrogens with zero attached hydrogens (tertiary/aromatic N) is 2. The van der Waals surface area contributed by atoms with E-state index in [0.717, 1.165) is 10.8 Å². The zero-order chi connectivity index (χ0) is 13.2. The van der Waals surface area contributed by atoms with Crippen molar-refractivity contribution in [2.24, 2.45) is 0 Å². The lowest BCUT2D eigenvalue weighted by atomic mass is 10.2.